The molecule has 0 aliphatic carbocycles. The van der Waals surface area contributed by atoms with Gasteiger partial charge in [-0.1, -0.05) is 0 Å². The van der Waals surface area contributed by atoms with E-state index in [1.165, 1.54) is 0 Å². The van der Waals surface area contributed by atoms with Crippen LogP contribution in [0.15, 0.2) is 0 Å². The van der Waals surface area contributed by atoms with Gasteiger partial charge in [0.2, 0.25) is 15.5 Å². The van der Waals surface area contributed by atoms with Gasteiger partial charge in [0.05, 0.1) is 0 Å². The predicted molar refractivity (Wildman–Crippen MR) is 123 cm³/mol. The number of aliphatic hydroxyl groups is 3. The lowest BCUT2D eigenvalue weighted by Crippen LogP contribution is -2.66. The molecule has 0 aromatic heterocycles. The lowest BCUT2D eigenvalue weighted by atomic mass is 9.99. The van der Waals surface area contributed by atoms with Crippen molar-refractivity contribution in [3.05, 3.63) is 0 Å². The Bertz CT molecular complexity index is 1000. The van der Waals surface area contributed by atoms with Gasteiger partial charge in [0.1, 0.15) is 37.1 Å². The van der Waals surface area contributed by atoms with Crippen LogP contribution in [0.1, 0.15) is 27.7 Å². The SMILES string of the molecule is CO[C@H]1O[C@H](CNS(=O)(=O)[C@H]2O[C@H](COC(C)=O)[C@@H](OC(C)=O)[C@H](OC(C)=O)[C@@H]2OC(C)=O)[C@@H](O)[C@H](O)[C@H]1O. The Balaban J connectivity index is 2.43. The third-order valence-electron chi connectivity index (χ3n) is 5.64. The Kier molecular flexibility index (Phi) is 11.6. The van der Waals surface area contributed by atoms with Crippen molar-refractivity contribution in [2.75, 3.05) is 20.3 Å². The molecule has 10 atom stereocenters. The molecule has 39 heavy (non-hydrogen) atoms. The molecule has 2 aliphatic rings. The molecule has 2 heterocycles. The van der Waals surface area contributed by atoms with Crippen molar-refractivity contribution in [2.45, 2.75) is 88.3 Å². The van der Waals surface area contributed by atoms with Crippen LogP contribution in [0.2, 0.25) is 0 Å². The largest absolute Gasteiger partial charge is 0.463 e. The van der Waals surface area contributed by atoms with Crippen molar-refractivity contribution in [3.63, 3.8) is 0 Å². The minimum atomic E-state index is -4.75. The van der Waals surface area contributed by atoms with Gasteiger partial charge >= 0.3 is 23.9 Å². The van der Waals surface area contributed by atoms with E-state index in [2.05, 4.69) is 4.72 Å². The van der Waals surface area contributed by atoms with E-state index in [1.807, 2.05) is 0 Å². The molecule has 2 aliphatic heterocycles. The molecule has 2 saturated heterocycles. The Labute approximate surface area is 223 Å². The zero-order valence-electron chi connectivity index (χ0n) is 21.7. The number of rotatable bonds is 10. The summed E-state index contributed by atoms with van der Waals surface area (Å²) in [6, 6.07) is 0. The highest BCUT2D eigenvalue weighted by molar-refractivity contribution is 7.90. The average Bonchev–Trinajstić information content (AvgIpc) is 2.82. The quantitative estimate of drug-likeness (QED) is 0.143. The van der Waals surface area contributed by atoms with Crippen LogP contribution in [0.4, 0.5) is 0 Å². The van der Waals surface area contributed by atoms with E-state index in [0.717, 1.165) is 34.8 Å². The van der Waals surface area contributed by atoms with E-state index in [9.17, 15) is 42.9 Å². The fourth-order valence-corrected chi connectivity index (χ4v) is 5.41. The van der Waals surface area contributed by atoms with E-state index < -0.39 is 108 Å². The Morgan fingerprint density at radius 2 is 1.28 bits per heavy atom. The second-order valence-electron chi connectivity index (χ2n) is 8.71. The highest BCUT2D eigenvalue weighted by Crippen LogP contribution is 2.32. The Hall–Kier alpha value is -2.45. The molecule has 2 rings (SSSR count). The minimum absolute atomic E-state index is 0.645. The number of ether oxygens (including phenoxy) is 7. The molecule has 224 valence electrons. The standard InChI is InChI=1S/C21H33NO16S/c1-8(23)33-7-13-17(34-9(2)24)18(35-10(3)25)19(36-11(4)26)21(38-13)39(30,31)22-6-12-14(27)15(28)16(29)20(32-5)37-12/h12-22,27-29H,6-7H2,1-5H3/t12-,13-,14-,15+,16-,17-,18+,19+,20+,21-/m1/s1. The molecule has 0 unspecified atom stereocenters. The number of carbonyl (C=O) groups is 4. The number of hydrogen-bond acceptors (Lipinski definition) is 16. The molecule has 17 nitrogen and oxygen atoms in total. The van der Waals surface area contributed by atoms with E-state index in [-0.39, 0.29) is 0 Å². The molecule has 2 fully saturated rings. The molecule has 0 spiro atoms. The van der Waals surface area contributed by atoms with Gasteiger partial charge in [0, 0.05) is 41.3 Å². The summed E-state index contributed by atoms with van der Waals surface area (Å²) in [7, 11) is -3.60. The Morgan fingerprint density at radius 1 is 0.744 bits per heavy atom. The first-order valence-corrected chi connectivity index (χ1v) is 13.1. The summed E-state index contributed by atoms with van der Waals surface area (Å²) in [5.74, 6) is -3.65. The smallest absolute Gasteiger partial charge is 0.303 e. The van der Waals surface area contributed by atoms with Gasteiger partial charge in [-0.05, 0) is 0 Å². The Morgan fingerprint density at radius 3 is 1.79 bits per heavy atom. The lowest BCUT2D eigenvalue weighted by molar-refractivity contribution is -0.287. The van der Waals surface area contributed by atoms with Crippen molar-refractivity contribution in [2.24, 2.45) is 0 Å². The molecule has 0 aromatic rings. The summed E-state index contributed by atoms with van der Waals surface area (Å²) >= 11 is 0. The number of carbonyl (C=O) groups excluding carboxylic acids is 4. The minimum Gasteiger partial charge on any atom is -0.463 e. The van der Waals surface area contributed by atoms with Crippen LogP contribution in [0.25, 0.3) is 0 Å². The second kappa shape index (κ2) is 13.8. The normalized spacial score (nSPS) is 35.0. The fraction of sp³-hybridized carbons (Fsp3) is 0.810. The van der Waals surface area contributed by atoms with Crippen molar-refractivity contribution in [3.8, 4) is 0 Å². The molecule has 0 bridgehead atoms. The monoisotopic (exact) mass is 587 g/mol. The van der Waals surface area contributed by atoms with Crippen LogP contribution < -0.4 is 4.72 Å². The lowest BCUT2D eigenvalue weighted by Gasteiger charge is -2.44. The zero-order valence-corrected chi connectivity index (χ0v) is 22.6. The molecule has 0 amide bonds. The summed E-state index contributed by atoms with van der Waals surface area (Å²) in [6.07, 6.45) is -14.6. The second-order valence-corrected chi connectivity index (χ2v) is 10.6. The molecule has 0 saturated carbocycles. The van der Waals surface area contributed by atoms with Gasteiger partial charge in [0.15, 0.2) is 24.6 Å². The van der Waals surface area contributed by atoms with Crippen LogP contribution >= 0.6 is 0 Å². The van der Waals surface area contributed by atoms with Crippen molar-refractivity contribution in [1.29, 1.82) is 0 Å². The average molecular weight is 588 g/mol. The third kappa shape index (κ3) is 8.52. The van der Waals surface area contributed by atoms with Crippen LogP contribution in [0, 0.1) is 0 Å². The van der Waals surface area contributed by atoms with E-state index in [1.54, 1.807) is 0 Å². The van der Waals surface area contributed by atoms with Gasteiger partial charge < -0.3 is 48.5 Å². The molecular formula is C21H33NO16S. The van der Waals surface area contributed by atoms with E-state index >= 15 is 0 Å². The number of esters is 4. The van der Waals surface area contributed by atoms with Crippen LogP contribution in [0.5, 0.6) is 0 Å². The maximum absolute atomic E-state index is 13.4. The third-order valence-corrected chi connectivity index (χ3v) is 7.20. The van der Waals surface area contributed by atoms with Gasteiger partial charge in [-0.25, -0.2) is 13.1 Å². The van der Waals surface area contributed by atoms with Crippen molar-refractivity contribution >= 4 is 33.9 Å². The summed E-state index contributed by atoms with van der Waals surface area (Å²) in [4.78, 5) is 47.0. The number of methoxy groups -OCH3 is 1. The molecule has 0 radical (unpaired) electrons. The van der Waals surface area contributed by atoms with Crippen LogP contribution in [-0.2, 0) is 62.4 Å². The topological polar surface area (TPSA) is 240 Å². The van der Waals surface area contributed by atoms with Gasteiger partial charge in [0.25, 0.3) is 0 Å². The zero-order chi connectivity index (χ0) is 29.7. The van der Waals surface area contributed by atoms with Crippen molar-refractivity contribution in [1.82, 2.24) is 4.72 Å². The van der Waals surface area contributed by atoms with Gasteiger partial charge in [-0.3, -0.25) is 19.2 Å². The summed E-state index contributed by atoms with van der Waals surface area (Å²) in [6.45, 7) is 2.64. The number of aliphatic hydroxyl groups excluding tert-OH is 3. The fourth-order valence-electron chi connectivity index (χ4n) is 4.00. The first-order chi connectivity index (χ1) is 18.1. The first kappa shape index (κ1) is 32.8. The van der Waals surface area contributed by atoms with Crippen molar-refractivity contribution < 1.29 is 76.1 Å². The molecule has 4 N–H and O–H groups in total. The molecular weight excluding hydrogens is 554 g/mol. The predicted octanol–water partition coefficient (Wildman–Crippen LogP) is -3.56. The van der Waals surface area contributed by atoms with Crippen LogP contribution in [-0.4, -0.2) is 128 Å². The van der Waals surface area contributed by atoms with Gasteiger partial charge in [-0.15, -0.1) is 0 Å². The molecule has 0 aromatic carbocycles. The summed E-state index contributed by atoms with van der Waals surface area (Å²) in [5, 5.41) is 30.2. The maximum Gasteiger partial charge on any atom is 0.303 e. The number of sulfonamides is 1. The maximum atomic E-state index is 13.4. The summed E-state index contributed by atoms with van der Waals surface area (Å²) in [5.41, 5.74) is -2.13. The highest BCUT2D eigenvalue weighted by Gasteiger charge is 2.56. The summed E-state index contributed by atoms with van der Waals surface area (Å²) < 4.78 is 65.1. The van der Waals surface area contributed by atoms with E-state index in [0.29, 0.717) is 0 Å². The molecule has 18 heteroatoms. The van der Waals surface area contributed by atoms with Gasteiger partial charge in [-0.2, -0.15) is 0 Å². The number of nitrogens with one attached hydrogen (secondary N) is 1. The first-order valence-electron chi connectivity index (χ1n) is 11.6. The van der Waals surface area contributed by atoms with E-state index in [4.69, 9.17) is 33.2 Å². The van der Waals surface area contributed by atoms with Crippen LogP contribution in [0.3, 0.4) is 0 Å². The highest BCUT2D eigenvalue weighted by atomic mass is 32.2. The number of hydrogen-bond donors (Lipinski definition) is 4.